The van der Waals surface area contributed by atoms with E-state index in [1.165, 1.54) is 5.56 Å². The van der Waals surface area contributed by atoms with Crippen molar-refractivity contribution in [2.24, 2.45) is 0 Å². The van der Waals surface area contributed by atoms with Crippen molar-refractivity contribution in [2.45, 2.75) is 13.5 Å². The molecule has 0 saturated heterocycles. The summed E-state index contributed by atoms with van der Waals surface area (Å²) >= 11 is 0. The standard InChI is InChI=1S/C12H14N2/c1-2-3-8-14-9-10-6-4-5-7-11(10)12(14)13/h2-7,13H,8-9H2,1H3/b3-2+,13-12?. The smallest absolute Gasteiger partial charge is 0.128 e. The molecule has 1 aromatic rings. The number of hydrogen-bond donors (Lipinski definition) is 1. The lowest BCUT2D eigenvalue weighted by Gasteiger charge is -2.14. The van der Waals surface area contributed by atoms with Gasteiger partial charge in [0.15, 0.2) is 0 Å². The van der Waals surface area contributed by atoms with Gasteiger partial charge in [-0.2, -0.15) is 0 Å². The molecular formula is C12H14N2. The van der Waals surface area contributed by atoms with Crippen LogP contribution in [0.3, 0.4) is 0 Å². The highest BCUT2D eigenvalue weighted by Crippen LogP contribution is 2.21. The molecule has 0 radical (unpaired) electrons. The highest BCUT2D eigenvalue weighted by molar-refractivity contribution is 6.00. The monoisotopic (exact) mass is 186 g/mol. The summed E-state index contributed by atoms with van der Waals surface area (Å²) in [6, 6.07) is 8.14. The first-order valence-corrected chi connectivity index (χ1v) is 4.86. The van der Waals surface area contributed by atoms with Gasteiger partial charge in [0.2, 0.25) is 0 Å². The molecule has 0 saturated carbocycles. The Bertz CT molecular complexity index is 380. The Morgan fingerprint density at radius 3 is 2.93 bits per heavy atom. The molecule has 72 valence electrons. The van der Waals surface area contributed by atoms with Crippen LogP contribution in [0.1, 0.15) is 18.1 Å². The quantitative estimate of drug-likeness (QED) is 0.705. The van der Waals surface area contributed by atoms with Crippen LogP contribution in [-0.2, 0) is 6.54 Å². The van der Waals surface area contributed by atoms with Crippen molar-refractivity contribution in [2.75, 3.05) is 6.54 Å². The van der Waals surface area contributed by atoms with Gasteiger partial charge in [-0.25, -0.2) is 0 Å². The van der Waals surface area contributed by atoms with E-state index in [0.717, 1.165) is 18.7 Å². The maximum absolute atomic E-state index is 7.96. The molecule has 0 aliphatic carbocycles. The molecule has 0 aromatic heterocycles. The molecule has 0 spiro atoms. The summed E-state index contributed by atoms with van der Waals surface area (Å²) in [5.74, 6) is 0.652. The van der Waals surface area contributed by atoms with E-state index in [4.69, 9.17) is 5.41 Å². The summed E-state index contributed by atoms with van der Waals surface area (Å²) in [4.78, 5) is 2.07. The molecule has 0 bridgehead atoms. The van der Waals surface area contributed by atoms with Gasteiger partial charge in [0, 0.05) is 18.7 Å². The lowest BCUT2D eigenvalue weighted by atomic mass is 10.1. The maximum Gasteiger partial charge on any atom is 0.128 e. The minimum Gasteiger partial charge on any atom is -0.349 e. The molecule has 1 heterocycles. The largest absolute Gasteiger partial charge is 0.349 e. The number of hydrogen-bond acceptors (Lipinski definition) is 1. The van der Waals surface area contributed by atoms with Crippen LogP contribution in [0.4, 0.5) is 0 Å². The Labute approximate surface area is 84.4 Å². The van der Waals surface area contributed by atoms with Gasteiger partial charge in [-0.05, 0) is 12.5 Å². The van der Waals surface area contributed by atoms with Gasteiger partial charge in [0.25, 0.3) is 0 Å². The molecule has 2 heteroatoms. The number of nitrogens with zero attached hydrogens (tertiary/aromatic N) is 1. The van der Waals surface area contributed by atoms with E-state index in [2.05, 4.69) is 17.0 Å². The highest BCUT2D eigenvalue weighted by Gasteiger charge is 2.21. The third-order valence-corrected chi connectivity index (χ3v) is 2.51. The lowest BCUT2D eigenvalue weighted by Crippen LogP contribution is -2.23. The van der Waals surface area contributed by atoms with Gasteiger partial charge in [0.05, 0.1) is 0 Å². The molecule has 2 rings (SSSR count). The molecule has 1 aliphatic heterocycles. The van der Waals surface area contributed by atoms with Crippen LogP contribution >= 0.6 is 0 Å². The van der Waals surface area contributed by atoms with Gasteiger partial charge < -0.3 is 4.90 Å². The fourth-order valence-electron chi connectivity index (χ4n) is 1.73. The van der Waals surface area contributed by atoms with E-state index >= 15 is 0 Å². The predicted molar refractivity (Wildman–Crippen MR) is 58.5 cm³/mol. The summed E-state index contributed by atoms with van der Waals surface area (Å²) in [5.41, 5.74) is 2.35. The summed E-state index contributed by atoms with van der Waals surface area (Å²) < 4.78 is 0. The number of rotatable bonds is 2. The molecule has 1 N–H and O–H groups in total. The minimum atomic E-state index is 0.652. The Morgan fingerprint density at radius 1 is 1.43 bits per heavy atom. The van der Waals surface area contributed by atoms with Gasteiger partial charge in [-0.1, -0.05) is 36.4 Å². The van der Waals surface area contributed by atoms with Crippen LogP contribution in [0.15, 0.2) is 36.4 Å². The lowest BCUT2D eigenvalue weighted by molar-refractivity contribution is 0.474. The first-order chi connectivity index (χ1) is 6.83. The van der Waals surface area contributed by atoms with E-state index in [1.54, 1.807) is 0 Å². The number of benzene rings is 1. The van der Waals surface area contributed by atoms with E-state index in [1.807, 2.05) is 31.2 Å². The van der Waals surface area contributed by atoms with Gasteiger partial charge >= 0.3 is 0 Å². The minimum absolute atomic E-state index is 0.652. The molecule has 1 aliphatic rings. The van der Waals surface area contributed by atoms with Crippen molar-refractivity contribution in [1.29, 1.82) is 5.41 Å². The summed E-state index contributed by atoms with van der Waals surface area (Å²) in [6.07, 6.45) is 4.11. The number of allylic oxidation sites excluding steroid dienone is 1. The van der Waals surface area contributed by atoms with E-state index in [-0.39, 0.29) is 0 Å². The van der Waals surface area contributed by atoms with Crippen molar-refractivity contribution in [3.05, 3.63) is 47.5 Å². The third kappa shape index (κ3) is 1.43. The first-order valence-electron chi connectivity index (χ1n) is 4.86. The summed E-state index contributed by atoms with van der Waals surface area (Å²) in [5, 5.41) is 7.96. The average molecular weight is 186 g/mol. The van der Waals surface area contributed by atoms with Crippen LogP contribution in [-0.4, -0.2) is 17.3 Å². The predicted octanol–water partition coefficient (Wildman–Crippen LogP) is 2.40. The zero-order valence-electron chi connectivity index (χ0n) is 8.33. The fraction of sp³-hybridized carbons (Fsp3) is 0.250. The molecule has 1 aromatic carbocycles. The number of amidine groups is 1. The average Bonchev–Trinajstić information content (AvgIpc) is 2.54. The van der Waals surface area contributed by atoms with E-state index < -0.39 is 0 Å². The fourth-order valence-corrected chi connectivity index (χ4v) is 1.73. The van der Waals surface area contributed by atoms with Gasteiger partial charge in [0.1, 0.15) is 5.84 Å². The van der Waals surface area contributed by atoms with Crippen molar-refractivity contribution in [1.82, 2.24) is 4.90 Å². The number of fused-ring (bicyclic) bond motifs is 1. The summed E-state index contributed by atoms with van der Waals surface area (Å²) in [7, 11) is 0. The van der Waals surface area contributed by atoms with Crippen LogP contribution in [0.2, 0.25) is 0 Å². The van der Waals surface area contributed by atoms with E-state index in [0.29, 0.717) is 5.84 Å². The molecule has 14 heavy (non-hydrogen) atoms. The second kappa shape index (κ2) is 3.66. The molecule has 0 atom stereocenters. The zero-order chi connectivity index (χ0) is 9.97. The molecule has 0 amide bonds. The van der Waals surface area contributed by atoms with Crippen LogP contribution in [0, 0.1) is 5.41 Å². The normalized spacial score (nSPS) is 15.2. The summed E-state index contributed by atoms with van der Waals surface area (Å²) in [6.45, 7) is 3.72. The van der Waals surface area contributed by atoms with Crippen molar-refractivity contribution in [3.63, 3.8) is 0 Å². The second-order valence-electron chi connectivity index (χ2n) is 3.46. The molecular weight excluding hydrogens is 172 g/mol. The first kappa shape index (κ1) is 9.00. The van der Waals surface area contributed by atoms with Crippen molar-refractivity contribution in [3.8, 4) is 0 Å². The van der Waals surface area contributed by atoms with Crippen molar-refractivity contribution < 1.29 is 0 Å². The highest BCUT2D eigenvalue weighted by atomic mass is 15.2. The Kier molecular flexibility index (Phi) is 2.35. The van der Waals surface area contributed by atoms with Crippen LogP contribution < -0.4 is 0 Å². The van der Waals surface area contributed by atoms with E-state index in [9.17, 15) is 0 Å². The molecule has 0 unspecified atom stereocenters. The Morgan fingerprint density at radius 2 is 2.21 bits per heavy atom. The topological polar surface area (TPSA) is 27.1 Å². The zero-order valence-corrected chi connectivity index (χ0v) is 8.33. The SMILES string of the molecule is C/C=C/CN1Cc2ccccc2C1=N. The Balaban J connectivity index is 2.21. The molecule has 2 nitrogen and oxygen atoms in total. The third-order valence-electron chi connectivity index (χ3n) is 2.51. The Hall–Kier alpha value is -1.57. The van der Waals surface area contributed by atoms with Crippen LogP contribution in [0.25, 0.3) is 0 Å². The van der Waals surface area contributed by atoms with Gasteiger partial charge in [-0.3, -0.25) is 5.41 Å². The molecule has 0 fully saturated rings. The second-order valence-corrected chi connectivity index (χ2v) is 3.46. The van der Waals surface area contributed by atoms with Gasteiger partial charge in [-0.15, -0.1) is 0 Å². The van der Waals surface area contributed by atoms with Crippen LogP contribution in [0.5, 0.6) is 0 Å². The van der Waals surface area contributed by atoms with Crippen molar-refractivity contribution >= 4 is 5.84 Å². The maximum atomic E-state index is 7.96. The number of nitrogens with one attached hydrogen (secondary N) is 1.